The van der Waals surface area contributed by atoms with Gasteiger partial charge in [-0.05, 0) is 18.2 Å². The molecule has 0 aliphatic carbocycles. The molecule has 4 nitrogen and oxygen atoms in total. The second-order valence-corrected chi connectivity index (χ2v) is 3.89. The van der Waals surface area contributed by atoms with E-state index in [2.05, 4.69) is 10.5 Å². The Balaban J connectivity index is 3.74. The molecule has 90 valence electrons. The van der Waals surface area contributed by atoms with Crippen molar-refractivity contribution < 1.29 is 18.4 Å². The second kappa shape index (κ2) is 6.78. The van der Waals surface area contributed by atoms with Crippen LogP contribution in [0, 0.1) is 0 Å². The quantitative estimate of drug-likeness (QED) is 0.217. The SMILES string of the molecule is CCC(NCCSC(F)(F)F)C(N)=NO. The van der Waals surface area contributed by atoms with E-state index < -0.39 is 5.51 Å². The van der Waals surface area contributed by atoms with Crippen molar-refractivity contribution >= 4 is 17.6 Å². The molecule has 0 spiro atoms. The molecule has 1 atom stereocenters. The number of thioether (sulfide) groups is 1. The summed E-state index contributed by atoms with van der Waals surface area (Å²) in [4.78, 5) is 0. The summed E-state index contributed by atoms with van der Waals surface area (Å²) >= 11 is -0.100. The topological polar surface area (TPSA) is 70.6 Å². The molecule has 0 aromatic carbocycles. The molecular formula is C7H14F3N3OS. The lowest BCUT2D eigenvalue weighted by atomic mass is 10.2. The molecule has 0 radical (unpaired) electrons. The van der Waals surface area contributed by atoms with Gasteiger partial charge in [-0.25, -0.2) is 0 Å². The van der Waals surface area contributed by atoms with Crippen LogP contribution in [0.1, 0.15) is 13.3 Å². The van der Waals surface area contributed by atoms with Crippen LogP contribution < -0.4 is 11.1 Å². The lowest BCUT2D eigenvalue weighted by Crippen LogP contribution is -2.42. The standard InChI is InChI=1S/C7H14F3N3OS/c1-2-5(6(11)13-14)12-3-4-15-7(8,9)10/h5,12,14H,2-4H2,1H3,(H2,11,13). The molecule has 0 aliphatic heterocycles. The molecule has 0 aromatic heterocycles. The zero-order valence-electron chi connectivity index (χ0n) is 8.21. The average molecular weight is 245 g/mol. The van der Waals surface area contributed by atoms with E-state index >= 15 is 0 Å². The molecular weight excluding hydrogens is 231 g/mol. The summed E-state index contributed by atoms with van der Waals surface area (Å²) in [7, 11) is 0. The number of rotatable bonds is 6. The largest absolute Gasteiger partial charge is 0.441 e. The molecule has 15 heavy (non-hydrogen) atoms. The number of nitrogens with one attached hydrogen (secondary N) is 1. The second-order valence-electron chi connectivity index (χ2n) is 2.73. The van der Waals surface area contributed by atoms with Gasteiger partial charge in [0.2, 0.25) is 0 Å². The van der Waals surface area contributed by atoms with Crippen LogP contribution in [-0.2, 0) is 0 Å². The maximum Gasteiger partial charge on any atom is 0.441 e. The van der Waals surface area contributed by atoms with Crippen molar-refractivity contribution in [3.63, 3.8) is 0 Å². The van der Waals surface area contributed by atoms with Crippen LogP contribution in [0.5, 0.6) is 0 Å². The maximum absolute atomic E-state index is 11.7. The van der Waals surface area contributed by atoms with Gasteiger partial charge in [-0.2, -0.15) is 13.2 Å². The van der Waals surface area contributed by atoms with Crippen LogP contribution in [0.3, 0.4) is 0 Å². The van der Waals surface area contributed by atoms with Gasteiger partial charge < -0.3 is 16.3 Å². The lowest BCUT2D eigenvalue weighted by molar-refractivity contribution is -0.0327. The minimum Gasteiger partial charge on any atom is -0.409 e. The van der Waals surface area contributed by atoms with Gasteiger partial charge >= 0.3 is 5.51 Å². The molecule has 0 amide bonds. The van der Waals surface area contributed by atoms with Gasteiger partial charge in [-0.15, -0.1) is 0 Å². The molecule has 1 unspecified atom stereocenters. The fraction of sp³-hybridized carbons (Fsp3) is 0.857. The molecule has 0 aliphatic rings. The van der Waals surface area contributed by atoms with Crippen LogP contribution in [0.15, 0.2) is 5.16 Å². The Labute approximate surface area is 90.1 Å². The number of alkyl halides is 3. The summed E-state index contributed by atoms with van der Waals surface area (Å²) in [6.45, 7) is 1.94. The van der Waals surface area contributed by atoms with Gasteiger partial charge in [0.25, 0.3) is 0 Å². The van der Waals surface area contributed by atoms with Crippen molar-refractivity contribution in [1.82, 2.24) is 5.32 Å². The highest BCUT2D eigenvalue weighted by Crippen LogP contribution is 2.29. The molecule has 0 fully saturated rings. The maximum atomic E-state index is 11.7. The van der Waals surface area contributed by atoms with Crippen molar-refractivity contribution in [3.8, 4) is 0 Å². The average Bonchev–Trinajstić information content (AvgIpc) is 2.15. The molecule has 0 saturated heterocycles. The first-order chi connectivity index (χ1) is 6.90. The van der Waals surface area contributed by atoms with Crippen molar-refractivity contribution in [3.05, 3.63) is 0 Å². The summed E-state index contributed by atoms with van der Waals surface area (Å²) < 4.78 is 35.2. The van der Waals surface area contributed by atoms with E-state index in [1.54, 1.807) is 6.92 Å². The van der Waals surface area contributed by atoms with Gasteiger partial charge in [0.05, 0.1) is 6.04 Å². The Morgan fingerprint density at radius 2 is 2.20 bits per heavy atom. The number of halogens is 3. The van der Waals surface area contributed by atoms with Gasteiger partial charge in [-0.1, -0.05) is 12.1 Å². The van der Waals surface area contributed by atoms with Crippen LogP contribution in [0.2, 0.25) is 0 Å². The minimum absolute atomic E-state index is 0.0190. The zero-order valence-corrected chi connectivity index (χ0v) is 9.03. The van der Waals surface area contributed by atoms with E-state index in [9.17, 15) is 13.2 Å². The third-order valence-corrected chi connectivity index (χ3v) is 2.37. The highest BCUT2D eigenvalue weighted by molar-refractivity contribution is 8.00. The Bertz CT molecular complexity index is 210. The van der Waals surface area contributed by atoms with Gasteiger partial charge in [0.1, 0.15) is 0 Å². The van der Waals surface area contributed by atoms with Crippen LogP contribution in [0.4, 0.5) is 13.2 Å². The van der Waals surface area contributed by atoms with Crippen molar-refractivity contribution in [1.29, 1.82) is 0 Å². The van der Waals surface area contributed by atoms with Crippen LogP contribution in [0.25, 0.3) is 0 Å². The predicted octanol–water partition coefficient (Wildman–Crippen LogP) is 1.35. The van der Waals surface area contributed by atoms with E-state index in [0.717, 1.165) is 0 Å². The van der Waals surface area contributed by atoms with Crippen LogP contribution in [-0.4, -0.2) is 34.9 Å². The number of hydrogen-bond donors (Lipinski definition) is 3. The van der Waals surface area contributed by atoms with E-state index in [1.807, 2.05) is 0 Å². The number of amidine groups is 1. The molecule has 4 N–H and O–H groups in total. The Kier molecular flexibility index (Phi) is 6.50. The molecule has 0 aromatic rings. The normalized spacial score (nSPS) is 15.3. The predicted molar refractivity (Wildman–Crippen MR) is 54.0 cm³/mol. The first kappa shape index (κ1) is 14.4. The minimum atomic E-state index is -4.21. The number of oxime groups is 1. The zero-order chi connectivity index (χ0) is 11.9. The Morgan fingerprint density at radius 3 is 2.60 bits per heavy atom. The summed E-state index contributed by atoms with van der Waals surface area (Å²) in [5.41, 5.74) is 1.10. The number of nitrogens with two attached hydrogens (primary N) is 1. The number of nitrogens with zero attached hydrogens (tertiary/aromatic N) is 1. The molecule has 0 rings (SSSR count). The summed E-state index contributed by atoms with van der Waals surface area (Å²) in [6.07, 6.45) is 0.548. The molecule has 0 heterocycles. The highest BCUT2D eigenvalue weighted by Gasteiger charge is 2.27. The van der Waals surface area contributed by atoms with Crippen molar-refractivity contribution in [2.45, 2.75) is 24.9 Å². The van der Waals surface area contributed by atoms with Gasteiger partial charge in [0.15, 0.2) is 5.84 Å². The Morgan fingerprint density at radius 1 is 1.60 bits per heavy atom. The van der Waals surface area contributed by atoms with Crippen LogP contribution >= 0.6 is 11.8 Å². The van der Waals surface area contributed by atoms with Crippen molar-refractivity contribution in [2.75, 3.05) is 12.3 Å². The number of hydrogen-bond acceptors (Lipinski definition) is 4. The van der Waals surface area contributed by atoms with E-state index in [4.69, 9.17) is 10.9 Å². The fourth-order valence-corrected chi connectivity index (χ4v) is 1.38. The highest BCUT2D eigenvalue weighted by atomic mass is 32.2. The van der Waals surface area contributed by atoms with E-state index in [-0.39, 0.29) is 35.9 Å². The van der Waals surface area contributed by atoms with Gasteiger partial charge in [-0.3, -0.25) is 0 Å². The summed E-state index contributed by atoms with van der Waals surface area (Å²) in [5, 5.41) is 13.9. The fourth-order valence-electron chi connectivity index (χ4n) is 0.928. The van der Waals surface area contributed by atoms with Gasteiger partial charge in [0, 0.05) is 12.3 Å². The summed E-state index contributed by atoms with van der Waals surface area (Å²) in [6, 6.07) is -0.385. The van der Waals surface area contributed by atoms with E-state index in [1.165, 1.54) is 0 Å². The summed E-state index contributed by atoms with van der Waals surface area (Å²) in [5.74, 6) is -0.117. The molecule has 8 heteroatoms. The molecule has 0 saturated carbocycles. The molecule has 0 bridgehead atoms. The first-order valence-electron chi connectivity index (χ1n) is 4.32. The smallest absolute Gasteiger partial charge is 0.409 e. The first-order valence-corrected chi connectivity index (χ1v) is 5.30. The lowest BCUT2D eigenvalue weighted by Gasteiger charge is -2.15. The monoisotopic (exact) mass is 245 g/mol. The third-order valence-electron chi connectivity index (χ3n) is 1.64. The van der Waals surface area contributed by atoms with E-state index in [0.29, 0.717) is 6.42 Å². The Hall–Kier alpha value is -0.630. The third kappa shape index (κ3) is 7.32. The van der Waals surface area contributed by atoms with Crippen molar-refractivity contribution in [2.24, 2.45) is 10.9 Å².